The van der Waals surface area contributed by atoms with Gasteiger partial charge in [-0.05, 0) is 6.07 Å². The van der Waals surface area contributed by atoms with E-state index in [2.05, 4.69) is 20.9 Å². The van der Waals surface area contributed by atoms with E-state index in [0.29, 0.717) is 4.47 Å². The summed E-state index contributed by atoms with van der Waals surface area (Å²) in [4.78, 5) is 3.48. The van der Waals surface area contributed by atoms with Crippen LogP contribution in [0.2, 0.25) is 0 Å². The number of halogens is 3. The highest BCUT2D eigenvalue weighted by molar-refractivity contribution is 9.10. The minimum absolute atomic E-state index is 0.0983. The van der Waals surface area contributed by atoms with Gasteiger partial charge in [-0.2, -0.15) is 10.5 Å². The van der Waals surface area contributed by atoms with Gasteiger partial charge in [0.25, 0.3) is 6.43 Å². The van der Waals surface area contributed by atoms with Crippen molar-refractivity contribution < 1.29 is 8.78 Å². The van der Waals surface area contributed by atoms with Crippen LogP contribution in [0.5, 0.6) is 0 Å². The first-order valence-corrected chi connectivity index (χ1v) is 4.64. The van der Waals surface area contributed by atoms with Crippen LogP contribution < -0.4 is 0 Å². The fourth-order valence-corrected chi connectivity index (χ4v) is 1.61. The fraction of sp³-hybridized carbons (Fsp3) is 0.222. The van der Waals surface area contributed by atoms with E-state index in [1.54, 1.807) is 12.1 Å². The maximum Gasteiger partial charge on any atom is 0.280 e. The molecule has 0 saturated heterocycles. The van der Waals surface area contributed by atoms with E-state index in [1.165, 1.54) is 6.07 Å². The zero-order valence-corrected chi connectivity index (χ0v) is 8.92. The number of alkyl halides is 2. The second-order valence-corrected chi connectivity index (χ2v) is 3.45. The van der Waals surface area contributed by atoms with Crippen LogP contribution in [0.4, 0.5) is 8.78 Å². The standard InChI is InChI=1S/C9H4BrF2N3/c10-7-3-5(4-14)15-8(9(11)12)6(7)1-2-13/h3,9H,1H2. The summed E-state index contributed by atoms with van der Waals surface area (Å²) < 4.78 is 25.4. The Morgan fingerprint density at radius 3 is 2.60 bits per heavy atom. The normalized spacial score (nSPS) is 9.73. The molecule has 1 heterocycles. The van der Waals surface area contributed by atoms with Crippen molar-refractivity contribution in [3.63, 3.8) is 0 Å². The highest BCUT2D eigenvalue weighted by atomic mass is 79.9. The predicted octanol–water partition coefficient (Wildman–Crippen LogP) is 2.72. The van der Waals surface area contributed by atoms with Crippen molar-refractivity contribution in [3.05, 3.63) is 27.5 Å². The Hall–Kier alpha value is -1.53. The molecule has 0 bridgehead atoms. The number of aromatic nitrogens is 1. The predicted molar refractivity (Wildman–Crippen MR) is 50.9 cm³/mol. The third-order valence-electron chi connectivity index (χ3n) is 1.68. The molecule has 0 saturated carbocycles. The molecule has 6 heteroatoms. The van der Waals surface area contributed by atoms with Crippen molar-refractivity contribution >= 4 is 15.9 Å². The van der Waals surface area contributed by atoms with Gasteiger partial charge in [0.15, 0.2) is 0 Å². The van der Waals surface area contributed by atoms with Gasteiger partial charge in [-0.3, -0.25) is 0 Å². The number of nitriles is 2. The van der Waals surface area contributed by atoms with Crippen molar-refractivity contribution in [2.24, 2.45) is 0 Å². The summed E-state index contributed by atoms with van der Waals surface area (Å²) in [7, 11) is 0. The van der Waals surface area contributed by atoms with E-state index in [0.717, 1.165) is 0 Å². The average Bonchev–Trinajstić information content (AvgIpc) is 2.20. The third kappa shape index (κ3) is 2.48. The van der Waals surface area contributed by atoms with Crippen LogP contribution in [0, 0.1) is 22.7 Å². The molecule has 0 spiro atoms. The van der Waals surface area contributed by atoms with Crippen LogP contribution in [0.1, 0.15) is 23.4 Å². The van der Waals surface area contributed by atoms with Gasteiger partial charge in [-0.1, -0.05) is 15.9 Å². The number of rotatable bonds is 2. The third-order valence-corrected chi connectivity index (χ3v) is 2.39. The van der Waals surface area contributed by atoms with Crippen molar-refractivity contribution in [2.45, 2.75) is 12.8 Å². The van der Waals surface area contributed by atoms with E-state index in [4.69, 9.17) is 10.5 Å². The molecule has 1 aromatic heterocycles. The van der Waals surface area contributed by atoms with Crippen molar-refractivity contribution in [1.29, 1.82) is 10.5 Å². The molecule has 1 rings (SSSR count). The van der Waals surface area contributed by atoms with Crippen molar-refractivity contribution in [2.75, 3.05) is 0 Å². The smallest absolute Gasteiger partial charge is 0.236 e. The zero-order chi connectivity index (χ0) is 11.4. The molecule has 0 unspecified atom stereocenters. The fourth-order valence-electron chi connectivity index (χ4n) is 1.05. The summed E-state index contributed by atoms with van der Waals surface area (Å²) in [5.41, 5.74) is -0.479. The molecule has 76 valence electrons. The maximum atomic E-state index is 12.5. The van der Waals surface area contributed by atoms with Gasteiger partial charge < -0.3 is 0 Å². The number of pyridine rings is 1. The Kier molecular flexibility index (Phi) is 3.70. The molecule has 0 aliphatic rings. The van der Waals surface area contributed by atoms with Crippen LogP contribution in [0.15, 0.2) is 10.5 Å². The minimum Gasteiger partial charge on any atom is -0.236 e. The Morgan fingerprint density at radius 1 is 1.47 bits per heavy atom. The molecule has 0 amide bonds. The molecular formula is C9H4BrF2N3. The lowest BCUT2D eigenvalue weighted by molar-refractivity contribution is 0.145. The molecule has 0 radical (unpaired) electrons. The molecule has 3 nitrogen and oxygen atoms in total. The number of nitrogens with zero attached hydrogens (tertiary/aromatic N) is 3. The van der Waals surface area contributed by atoms with E-state index >= 15 is 0 Å². The molecule has 0 aliphatic heterocycles. The van der Waals surface area contributed by atoms with Gasteiger partial charge in [-0.25, -0.2) is 13.8 Å². The van der Waals surface area contributed by atoms with Gasteiger partial charge in [-0.15, -0.1) is 0 Å². The van der Waals surface area contributed by atoms with Gasteiger partial charge in [0.1, 0.15) is 17.5 Å². The van der Waals surface area contributed by atoms with Crippen molar-refractivity contribution in [3.8, 4) is 12.1 Å². The second-order valence-electron chi connectivity index (χ2n) is 2.60. The van der Waals surface area contributed by atoms with E-state index in [9.17, 15) is 8.78 Å². The molecule has 0 aromatic carbocycles. The SMILES string of the molecule is N#CCc1c(Br)cc(C#N)nc1C(F)F. The molecule has 0 aliphatic carbocycles. The van der Waals surface area contributed by atoms with Gasteiger partial charge in [0, 0.05) is 10.0 Å². The van der Waals surface area contributed by atoms with E-state index < -0.39 is 12.1 Å². The molecule has 15 heavy (non-hydrogen) atoms. The van der Waals surface area contributed by atoms with Crippen LogP contribution in [-0.4, -0.2) is 4.98 Å². The van der Waals surface area contributed by atoms with Gasteiger partial charge >= 0.3 is 0 Å². The highest BCUT2D eigenvalue weighted by Crippen LogP contribution is 2.28. The zero-order valence-electron chi connectivity index (χ0n) is 7.34. The van der Waals surface area contributed by atoms with E-state index in [-0.39, 0.29) is 17.7 Å². The lowest BCUT2D eigenvalue weighted by atomic mass is 10.1. The van der Waals surface area contributed by atoms with Gasteiger partial charge in [0.05, 0.1) is 12.5 Å². The summed E-state index contributed by atoms with van der Waals surface area (Å²) in [6.45, 7) is 0. The highest BCUT2D eigenvalue weighted by Gasteiger charge is 2.18. The van der Waals surface area contributed by atoms with Crippen LogP contribution in [-0.2, 0) is 6.42 Å². The second kappa shape index (κ2) is 4.81. The topological polar surface area (TPSA) is 60.5 Å². The summed E-state index contributed by atoms with van der Waals surface area (Å²) >= 11 is 3.03. The molecule has 0 N–H and O–H groups in total. The first-order valence-electron chi connectivity index (χ1n) is 3.84. The van der Waals surface area contributed by atoms with Crippen LogP contribution >= 0.6 is 15.9 Å². The van der Waals surface area contributed by atoms with Crippen LogP contribution in [0.3, 0.4) is 0 Å². The van der Waals surface area contributed by atoms with Crippen LogP contribution in [0.25, 0.3) is 0 Å². The van der Waals surface area contributed by atoms with Crippen molar-refractivity contribution in [1.82, 2.24) is 4.98 Å². The maximum absolute atomic E-state index is 12.5. The Morgan fingerprint density at radius 2 is 2.13 bits per heavy atom. The minimum atomic E-state index is -2.79. The number of hydrogen-bond donors (Lipinski definition) is 0. The largest absolute Gasteiger partial charge is 0.280 e. The molecular weight excluding hydrogens is 268 g/mol. The Labute approximate surface area is 93.1 Å². The quantitative estimate of drug-likeness (QED) is 0.831. The Balaban J connectivity index is 3.38. The summed E-state index contributed by atoms with van der Waals surface area (Å²) in [6.07, 6.45) is -2.96. The molecule has 0 atom stereocenters. The molecule has 1 aromatic rings. The first-order chi connectivity index (χ1) is 7.10. The van der Waals surface area contributed by atoms with E-state index in [1.807, 2.05) is 0 Å². The number of hydrogen-bond acceptors (Lipinski definition) is 3. The molecule has 0 fully saturated rings. The van der Waals surface area contributed by atoms with Gasteiger partial charge in [0.2, 0.25) is 0 Å². The first kappa shape index (κ1) is 11.5. The summed E-state index contributed by atoms with van der Waals surface area (Å²) in [5, 5.41) is 17.0. The Bertz CT molecular complexity index is 460. The summed E-state index contributed by atoms with van der Waals surface area (Å²) in [5.74, 6) is 0. The monoisotopic (exact) mass is 271 g/mol. The lowest BCUT2D eigenvalue weighted by Crippen LogP contribution is -2.01. The average molecular weight is 272 g/mol. The lowest BCUT2D eigenvalue weighted by Gasteiger charge is -2.07. The summed E-state index contributed by atoms with van der Waals surface area (Å²) in [6, 6.07) is 4.76.